The zero-order valence-corrected chi connectivity index (χ0v) is 10.5. The molecule has 4 heteroatoms. The fraction of sp³-hybridized carbons (Fsp3) is 0.462. The largest absolute Gasteiger partial charge is 0.458 e. The minimum Gasteiger partial charge on any atom is -0.458 e. The van der Waals surface area contributed by atoms with Crippen molar-refractivity contribution in [3.63, 3.8) is 0 Å². The van der Waals surface area contributed by atoms with Crippen LogP contribution in [0.4, 0.5) is 0 Å². The van der Waals surface area contributed by atoms with E-state index >= 15 is 0 Å². The SMILES string of the molecule is Cc1ccc(-c2cnc(CCNC(C)C)o2)o1. The first-order valence-electron chi connectivity index (χ1n) is 5.90. The topological polar surface area (TPSA) is 51.2 Å². The Kier molecular flexibility index (Phi) is 3.64. The Bertz CT molecular complexity index is 471. The second-order valence-electron chi connectivity index (χ2n) is 4.39. The Morgan fingerprint density at radius 1 is 1.24 bits per heavy atom. The van der Waals surface area contributed by atoms with E-state index in [0.29, 0.717) is 11.8 Å². The van der Waals surface area contributed by atoms with Crippen LogP contribution >= 0.6 is 0 Å². The lowest BCUT2D eigenvalue weighted by molar-refractivity contribution is 0.463. The van der Waals surface area contributed by atoms with Crippen LogP contribution in [0.5, 0.6) is 0 Å². The molecule has 17 heavy (non-hydrogen) atoms. The molecular formula is C13H18N2O2. The van der Waals surface area contributed by atoms with Gasteiger partial charge < -0.3 is 14.2 Å². The zero-order valence-electron chi connectivity index (χ0n) is 10.5. The maximum absolute atomic E-state index is 5.62. The standard InChI is InChI=1S/C13H18N2O2/c1-9(2)14-7-6-13-15-8-12(17-13)11-5-4-10(3)16-11/h4-5,8-9,14H,6-7H2,1-3H3. The summed E-state index contributed by atoms with van der Waals surface area (Å²) in [5.74, 6) is 3.04. The zero-order chi connectivity index (χ0) is 12.3. The molecule has 2 aromatic heterocycles. The van der Waals surface area contributed by atoms with Crippen molar-refractivity contribution in [2.24, 2.45) is 0 Å². The van der Waals surface area contributed by atoms with E-state index in [1.807, 2.05) is 19.1 Å². The molecule has 1 N–H and O–H groups in total. The van der Waals surface area contributed by atoms with Crippen molar-refractivity contribution in [1.29, 1.82) is 0 Å². The summed E-state index contributed by atoms with van der Waals surface area (Å²) in [4.78, 5) is 4.23. The first kappa shape index (κ1) is 11.9. The fourth-order valence-corrected chi connectivity index (χ4v) is 1.57. The van der Waals surface area contributed by atoms with Crippen LogP contribution < -0.4 is 5.32 Å². The van der Waals surface area contributed by atoms with Crippen molar-refractivity contribution >= 4 is 0 Å². The van der Waals surface area contributed by atoms with Crippen molar-refractivity contribution < 1.29 is 8.83 Å². The lowest BCUT2D eigenvalue weighted by atomic mass is 10.3. The average molecular weight is 234 g/mol. The molecule has 0 saturated carbocycles. The van der Waals surface area contributed by atoms with E-state index in [1.165, 1.54) is 0 Å². The van der Waals surface area contributed by atoms with Gasteiger partial charge in [0.2, 0.25) is 0 Å². The Morgan fingerprint density at radius 2 is 2.06 bits per heavy atom. The van der Waals surface area contributed by atoms with Crippen LogP contribution in [0.25, 0.3) is 11.5 Å². The quantitative estimate of drug-likeness (QED) is 0.864. The maximum Gasteiger partial charge on any atom is 0.196 e. The highest BCUT2D eigenvalue weighted by Crippen LogP contribution is 2.22. The van der Waals surface area contributed by atoms with Gasteiger partial charge in [0.25, 0.3) is 0 Å². The molecule has 4 nitrogen and oxygen atoms in total. The second-order valence-corrected chi connectivity index (χ2v) is 4.39. The number of aromatic nitrogens is 1. The summed E-state index contributed by atoms with van der Waals surface area (Å²) in [5.41, 5.74) is 0. The molecule has 0 aliphatic carbocycles. The van der Waals surface area contributed by atoms with Gasteiger partial charge in [0.15, 0.2) is 17.4 Å². The lowest BCUT2D eigenvalue weighted by Gasteiger charge is -2.05. The van der Waals surface area contributed by atoms with Crippen LogP contribution in [0.3, 0.4) is 0 Å². The molecule has 0 aliphatic heterocycles. The van der Waals surface area contributed by atoms with Gasteiger partial charge in [-0.2, -0.15) is 0 Å². The number of aryl methyl sites for hydroxylation is 1. The van der Waals surface area contributed by atoms with E-state index in [-0.39, 0.29) is 0 Å². The summed E-state index contributed by atoms with van der Waals surface area (Å²) >= 11 is 0. The third kappa shape index (κ3) is 3.20. The van der Waals surface area contributed by atoms with Crippen molar-refractivity contribution in [1.82, 2.24) is 10.3 Å². The summed E-state index contributed by atoms with van der Waals surface area (Å²) in [6, 6.07) is 4.29. The highest BCUT2D eigenvalue weighted by atomic mass is 16.4. The van der Waals surface area contributed by atoms with Crippen LogP contribution in [-0.2, 0) is 6.42 Å². The number of nitrogens with zero attached hydrogens (tertiary/aromatic N) is 1. The van der Waals surface area contributed by atoms with Gasteiger partial charge in [-0.1, -0.05) is 13.8 Å². The summed E-state index contributed by atoms with van der Waals surface area (Å²) in [5, 5.41) is 3.32. The smallest absolute Gasteiger partial charge is 0.196 e. The molecule has 0 amide bonds. The molecule has 0 radical (unpaired) electrons. The van der Waals surface area contributed by atoms with E-state index in [2.05, 4.69) is 24.1 Å². The normalized spacial score (nSPS) is 11.3. The lowest BCUT2D eigenvalue weighted by Crippen LogP contribution is -2.24. The Balaban J connectivity index is 1.96. The highest BCUT2D eigenvalue weighted by Gasteiger charge is 2.09. The molecule has 0 bridgehead atoms. The van der Waals surface area contributed by atoms with Gasteiger partial charge in [0.05, 0.1) is 6.20 Å². The van der Waals surface area contributed by atoms with E-state index in [1.54, 1.807) is 6.20 Å². The predicted octanol–water partition coefficient (Wildman–Crippen LogP) is 2.78. The van der Waals surface area contributed by atoms with Gasteiger partial charge in [-0.15, -0.1) is 0 Å². The van der Waals surface area contributed by atoms with Crippen LogP contribution in [0.2, 0.25) is 0 Å². The molecule has 0 aromatic carbocycles. The van der Waals surface area contributed by atoms with Gasteiger partial charge in [-0.05, 0) is 19.1 Å². The molecule has 0 atom stereocenters. The number of oxazole rings is 1. The molecule has 92 valence electrons. The van der Waals surface area contributed by atoms with Crippen molar-refractivity contribution in [2.75, 3.05) is 6.54 Å². The van der Waals surface area contributed by atoms with Crippen molar-refractivity contribution in [3.8, 4) is 11.5 Å². The highest BCUT2D eigenvalue weighted by molar-refractivity contribution is 5.48. The minimum absolute atomic E-state index is 0.483. The second kappa shape index (κ2) is 5.19. The van der Waals surface area contributed by atoms with Gasteiger partial charge in [0.1, 0.15) is 5.76 Å². The molecule has 0 saturated heterocycles. The van der Waals surface area contributed by atoms with Crippen molar-refractivity contribution in [2.45, 2.75) is 33.2 Å². The van der Waals surface area contributed by atoms with E-state index in [4.69, 9.17) is 8.83 Å². The van der Waals surface area contributed by atoms with E-state index in [9.17, 15) is 0 Å². The summed E-state index contributed by atoms with van der Waals surface area (Å²) in [6.45, 7) is 7.02. The van der Waals surface area contributed by atoms with Crippen LogP contribution in [-0.4, -0.2) is 17.6 Å². The average Bonchev–Trinajstić information content (AvgIpc) is 2.86. The minimum atomic E-state index is 0.483. The van der Waals surface area contributed by atoms with Crippen LogP contribution in [0.15, 0.2) is 27.2 Å². The predicted molar refractivity (Wildman–Crippen MR) is 65.8 cm³/mol. The van der Waals surface area contributed by atoms with E-state index in [0.717, 1.165) is 30.4 Å². The Morgan fingerprint density at radius 3 is 2.71 bits per heavy atom. The molecule has 0 unspecified atom stereocenters. The third-order valence-corrected chi connectivity index (χ3v) is 2.43. The number of furan rings is 1. The van der Waals surface area contributed by atoms with Gasteiger partial charge in [-0.25, -0.2) is 4.98 Å². The number of rotatable bonds is 5. The van der Waals surface area contributed by atoms with Crippen LogP contribution in [0, 0.1) is 6.92 Å². The molecule has 2 aromatic rings. The number of hydrogen-bond acceptors (Lipinski definition) is 4. The van der Waals surface area contributed by atoms with Crippen LogP contribution in [0.1, 0.15) is 25.5 Å². The summed E-state index contributed by atoms with van der Waals surface area (Å²) < 4.78 is 11.1. The molecule has 2 rings (SSSR count). The fourth-order valence-electron chi connectivity index (χ4n) is 1.57. The van der Waals surface area contributed by atoms with Gasteiger partial charge >= 0.3 is 0 Å². The maximum atomic E-state index is 5.62. The molecule has 0 aliphatic rings. The Hall–Kier alpha value is -1.55. The summed E-state index contributed by atoms with van der Waals surface area (Å²) in [7, 11) is 0. The molecule has 0 fully saturated rings. The van der Waals surface area contributed by atoms with Gasteiger partial charge in [0, 0.05) is 19.0 Å². The third-order valence-electron chi connectivity index (χ3n) is 2.43. The monoisotopic (exact) mass is 234 g/mol. The van der Waals surface area contributed by atoms with E-state index < -0.39 is 0 Å². The van der Waals surface area contributed by atoms with Crippen molar-refractivity contribution in [3.05, 3.63) is 30.0 Å². The molecular weight excluding hydrogens is 216 g/mol. The molecule has 0 spiro atoms. The number of hydrogen-bond donors (Lipinski definition) is 1. The first-order valence-corrected chi connectivity index (χ1v) is 5.90. The van der Waals surface area contributed by atoms with Gasteiger partial charge in [-0.3, -0.25) is 0 Å². The first-order chi connectivity index (χ1) is 8.15. The molecule has 2 heterocycles. The Labute approximate surface area is 101 Å². The number of nitrogens with one attached hydrogen (secondary N) is 1. The summed E-state index contributed by atoms with van der Waals surface area (Å²) in [6.07, 6.45) is 2.50.